The summed E-state index contributed by atoms with van der Waals surface area (Å²) in [6.45, 7) is 4.91. The van der Waals surface area contributed by atoms with E-state index in [2.05, 4.69) is 32.1 Å². The summed E-state index contributed by atoms with van der Waals surface area (Å²) in [5.41, 5.74) is 3.34. The van der Waals surface area contributed by atoms with E-state index in [1.165, 1.54) is 5.69 Å². The monoisotopic (exact) mass is 371 g/mol. The van der Waals surface area contributed by atoms with Crippen LogP contribution in [0.15, 0.2) is 30.6 Å². The van der Waals surface area contributed by atoms with Crippen molar-refractivity contribution < 1.29 is 4.74 Å². The summed E-state index contributed by atoms with van der Waals surface area (Å²) in [5.74, 6) is 1.93. The molecule has 4 rings (SSSR count). The van der Waals surface area contributed by atoms with Crippen molar-refractivity contribution in [2.45, 2.75) is 32.2 Å². The number of hydrogen-bond acceptors (Lipinski definition) is 5. The average molecular weight is 372 g/mol. The van der Waals surface area contributed by atoms with Crippen LogP contribution in [0.3, 0.4) is 0 Å². The maximum Gasteiger partial charge on any atom is 0.252 e. The molecule has 1 unspecified atom stereocenters. The van der Waals surface area contributed by atoms with Crippen LogP contribution in [-0.4, -0.2) is 44.7 Å². The molecular weight excluding hydrogens is 350 g/mol. The van der Waals surface area contributed by atoms with Crippen LogP contribution >= 0.6 is 11.6 Å². The number of benzene rings is 1. The average Bonchev–Trinajstić information content (AvgIpc) is 3.11. The molecule has 26 heavy (non-hydrogen) atoms. The minimum Gasteiger partial charge on any atom is -0.496 e. The van der Waals surface area contributed by atoms with Crippen molar-refractivity contribution in [1.82, 2.24) is 24.5 Å². The molecule has 1 aromatic carbocycles. The Hall–Kier alpha value is -2.18. The molecule has 0 aliphatic carbocycles. The zero-order valence-electron chi connectivity index (χ0n) is 15.0. The normalized spacial score (nSPS) is 18.3. The lowest BCUT2D eigenvalue weighted by Gasteiger charge is -2.33. The number of nitrogens with zero attached hydrogens (tertiary/aromatic N) is 5. The lowest BCUT2D eigenvalue weighted by atomic mass is 9.93. The second-order valence-corrected chi connectivity index (χ2v) is 7.26. The topological polar surface area (TPSA) is 55.5 Å². The van der Waals surface area contributed by atoms with E-state index < -0.39 is 0 Å². The summed E-state index contributed by atoms with van der Waals surface area (Å²) in [5, 5.41) is 5.07. The number of halogens is 1. The van der Waals surface area contributed by atoms with Gasteiger partial charge in [0, 0.05) is 35.3 Å². The summed E-state index contributed by atoms with van der Waals surface area (Å²) in [6, 6.07) is 7.99. The molecule has 1 aliphatic rings. The third kappa shape index (κ3) is 3.39. The van der Waals surface area contributed by atoms with Gasteiger partial charge in [-0.2, -0.15) is 10.1 Å². The Labute approximate surface area is 157 Å². The molecule has 1 fully saturated rings. The van der Waals surface area contributed by atoms with E-state index in [0.717, 1.165) is 49.5 Å². The van der Waals surface area contributed by atoms with Crippen LogP contribution < -0.4 is 4.74 Å². The highest BCUT2D eigenvalue weighted by Gasteiger charge is 2.25. The minimum absolute atomic E-state index is 0.410. The van der Waals surface area contributed by atoms with E-state index in [1.807, 2.05) is 23.6 Å². The summed E-state index contributed by atoms with van der Waals surface area (Å²) >= 11 is 6.09. The van der Waals surface area contributed by atoms with Crippen LogP contribution in [0.25, 0.3) is 5.78 Å². The molecule has 0 radical (unpaired) electrons. The zero-order chi connectivity index (χ0) is 18.1. The van der Waals surface area contributed by atoms with E-state index in [4.69, 9.17) is 16.3 Å². The highest BCUT2D eigenvalue weighted by Crippen LogP contribution is 2.30. The van der Waals surface area contributed by atoms with Crippen LogP contribution in [0.5, 0.6) is 5.75 Å². The number of ether oxygens (including phenoxy) is 1. The highest BCUT2D eigenvalue weighted by molar-refractivity contribution is 6.30. The van der Waals surface area contributed by atoms with Gasteiger partial charge in [0.1, 0.15) is 12.1 Å². The zero-order valence-corrected chi connectivity index (χ0v) is 15.8. The van der Waals surface area contributed by atoms with Gasteiger partial charge in [-0.3, -0.25) is 4.90 Å². The van der Waals surface area contributed by atoms with E-state index in [9.17, 15) is 0 Å². The molecule has 0 bridgehead atoms. The van der Waals surface area contributed by atoms with Gasteiger partial charge in [-0.25, -0.2) is 9.50 Å². The van der Waals surface area contributed by atoms with Gasteiger partial charge in [-0.05, 0) is 44.5 Å². The number of methoxy groups -OCH3 is 1. The SMILES string of the molecule is COc1cc(Cl)ccc1CN1CCCC(c2cc(C)nc3ncnn23)C1. The van der Waals surface area contributed by atoms with Crippen LogP contribution in [0.1, 0.15) is 35.7 Å². The van der Waals surface area contributed by atoms with Crippen molar-refractivity contribution in [2.75, 3.05) is 20.2 Å². The molecule has 0 amide bonds. The van der Waals surface area contributed by atoms with Gasteiger partial charge < -0.3 is 4.74 Å². The summed E-state index contributed by atoms with van der Waals surface area (Å²) in [4.78, 5) is 11.2. The Morgan fingerprint density at radius 2 is 2.19 bits per heavy atom. The van der Waals surface area contributed by atoms with Crippen molar-refractivity contribution in [3.05, 3.63) is 52.6 Å². The Kier molecular flexibility index (Phi) is 4.78. The largest absolute Gasteiger partial charge is 0.496 e. The van der Waals surface area contributed by atoms with Gasteiger partial charge >= 0.3 is 0 Å². The minimum atomic E-state index is 0.410. The van der Waals surface area contributed by atoms with Crippen LogP contribution in [0, 0.1) is 6.92 Å². The smallest absolute Gasteiger partial charge is 0.252 e. The van der Waals surface area contributed by atoms with Crippen LogP contribution in [0.2, 0.25) is 5.02 Å². The lowest BCUT2D eigenvalue weighted by Crippen LogP contribution is -2.34. The molecule has 0 N–H and O–H groups in total. The third-order valence-electron chi connectivity index (χ3n) is 4.97. The van der Waals surface area contributed by atoms with Gasteiger partial charge in [0.15, 0.2) is 0 Å². The van der Waals surface area contributed by atoms with E-state index >= 15 is 0 Å². The van der Waals surface area contributed by atoms with Crippen molar-refractivity contribution in [1.29, 1.82) is 0 Å². The van der Waals surface area contributed by atoms with E-state index in [1.54, 1.807) is 13.4 Å². The van der Waals surface area contributed by atoms with Gasteiger partial charge in [-0.1, -0.05) is 17.7 Å². The number of rotatable bonds is 4. The third-order valence-corrected chi connectivity index (χ3v) is 5.21. The number of aryl methyl sites for hydroxylation is 1. The van der Waals surface area contributed by atoms with Crippen LogP contribution in [0.4, 0.5) is 0 Å². The summed E-state index contributed by atoms with van der Waals surface area (Å²) in [6.07, 6.45) is 3.87. The molecule has 1 saturated heterocycles. The second-order valence-electron chi connectivity index (χ2n) is 6.82. The van der Waals surface area contributed by atoms with E-state index in [-0.39, 0.29) is 0 Å². The molecule has 0 saturated carbocycles. The molecule has 3 heterocycles. The summed E-state index contributed by atoms with van der Waals surface area (Å²) < 4.78 is 7.38. The highest BCUT2D eigenvalue weighted by atomic mass is 35.5. The van der Waals surface area contributed by atoms with Gasteiger partial charge in [0.05, 0.1) is 12.8 Å². The first-order valence-electron chi connectivity index (χ1n) is 8.86. The molecule has 6 nitrogen and oxygen atoms in total. The lowest BCUT2D eigenvalue weighted by molar-refractivity contribution is 0.195. The summed E-state index contributed by atoms with van der Waals surface area (Å²) in [7, 11) is 1.69. The number of likely N-dealkylation sites (tertiary alicyclic amines) is 1. The fraction of sp³-hybridized carbons (Fsp3) is 0.421. The number of aromatic nitrogens is 4. The molecule has 7 heteroatoms. The second kappa shape index (κ2) is 7.21. The Balaban J connectivity index is 1.57. The predicted molar refractivity (Wildman–Crippen MR) is 101 cm³/mol. The molecule has 136 valence electrons. The van der Waals surface area contributed by atoms with Gasteiger partial charge in [0.2, 0.25) is 0 Å². The predicted octanol–water partition coefficient (Wildman–Crippen LogP) is 3.47. The number of hydrogen-bond donors (Lipinski definition) is 0. The van der Waals surface area contributed by atoms with Crippen LogP contribution in [-0.2, 0) is 6.54 Å². The molecule has 2 aromatic heterocycles. The van der Waals surface area contributed by atoms with Crippen molar-refractivity contribution in [3.8, 4) is 5.75 Å². The first-order valence-corrected chi connectivity index (χ1v) is 9.24. The Bertz CT molecular complexity index is 925. The Morgan fingerprint density at radius 1 is 1.31 bits per heavy atom. The van der Waals surface area contributed by atoms with Crippen molar-refractivity contribution >= 4 is 17.4 Å². The maximum absolute atomic E-state index is 6.09. The fourth-order valence-electron chi connectivity index (χ4n) is 3.78. The van der Waals surface area contributed by atoms with Gasteiger partial charge in [-0.15, -0.1) is 0 Å². The molecular formula is C19H22ClN5O. The van der Waals surface area contributed by atoms with E-state index in [0.29, 0.717) is 16.7 Å². The van der Waals surface area contributed by atoms with Gasteiger partial charge in [0.25, 0.3) is 5.78 Å². The molecule has 3 aromatic rings. The van der Waals surface area contributed by atoms with Crippen molar-refractivity contribution in [3.63, 3.8) is 0 Å². The number of fused-ring (bicyclic) bond motifs is 1. The van der Waals surface area contributed by atoms with Crippen molar-refractivity contribution in [2.24, 2.45) is 0 Å². The first-order chi connectivity index (χ1) is 12.6. The maximum atomic E-state index is 6.09. The molecule has 0 spiro atoms. The number of piperidine rings is 1. The molecule has 1 atom stereocenters. The Morgan fingerprint density at radius 3 is 3.04 bits per heavy atom. The fourth-order valence-corrected chi connectivity index (χ4v) is 3.94. The quantitative estimate of drug-likeness (QED) is 0.702. The standard InChI is InChI=1S/C19H22ClN5O/c1-13-8-17(25-19(23-13)21-12-22-25)14-4-3-7-24(10-14)11-15-5-6-16(20)9-18(15)26-2/h5-6,8-9,12,14H,3-4,7,10-11H2,1-2H3. The first kappa shape index (κ1) is 17.2. The molecule has 1 aliphatic heterocycles.